The summed E-state index contributed by atoms with van der Waals surface area (Å²) in [5, 5.41) is 0. The molecule has 0 N–H and O–H groups in total. The maximum absolute atomic E-state index is 12.8. The van der Waals surface area contributed by atoms with E-state index in [9.17, 15) is 14.4 Å². The van der Waals surface area contributed by atoms with Gasteiger partial charge in [0.05, 0.1) is 5.69 Å². The molecule has 1 unspecified atom stereocenters. The highest BCUT2D eigenvalue weighted by Crippen LogP contribution is 2.35. The lowest BCUT2D eigenvalue weighted by Crippen LogP contribution is -2.49. The van der Waals surface area contributed by atoms with E-state index in [2.05, 4.69) is 0 Å². The quantitative estimate of drug-likeness (QED) is 0.745. The third kappa shape index (κ3) is 4.31. The SMILES string of the molecule is CCCC(=O)c1ccc2c(c1)N(CC(=O)N1CCCCCC1)C(=O)C(C)O2. The Morgan fingerprint density at radius 3 is 2.52 bits per heavy atom. The van der Waals surface area contributed by atoms with E-state index < -0.39 is 6.10 Å². The van der Waals surface area contributed by atoms with Crippen molar-refractivity contribution in [2.24, 2.45) is 0 Å². The van der Waals surface area contributed by atoms with Gasteiger partial charge in [0.25, 0.3) is 5.91 Å². The highest BCUT2D eigenvalue weighted by atomic mass is 16.5. The summed E-state index contributed by atoms with van der Waals surface area (Å²) in [5.41, 5.74) is 1.07. The molecule has 2 aliphatic heterocycles. The summed E-state index contributed by atoms with van der Waals surface area (Å²) in [6.45, 7) is 5.12. The Balaban J connectivity index is 1.85. The molecule has 146 valence electrons. The van der Waals surface area contributed by atoms with Crippen LogP contribution in [0.1, 0.15) is 62.7 Å². The van der Waals surface area contributed by atoms with Crippen molar-refractivity contribution < 1.29 is 19.1 Å². The van der Waals surface area contributed by atoms with Gasteiger partial charge in [0.15, 0.2) is 11.9 Å². The summed E-state index contributed by atoms with van der Waals surface area (Å²) >= 11 is 0. The number of rotatable bonds is 5. The molecular formula is C21H28N2O4. The molecule has 2 aliphatic rings. The standard InChI is InChI=1S/C21H28N2O4/c1-3-8-18(24)16-9-10-19-17(13-16)23(21(26)15(2)27-19)14-20(25)22-11-6-4-5-7-12-22/h9-10,13,15H,3-8,11-12,14H2,1-2H3. The van der Waals surface area contributed by atoms with Crippen LogP contribution in [-0.2, 0) is 9.59 Å². The molecule has 0 radical (unpaired) electrons. The Morgan fingerprint density at radius 2 is 1.85 bits per heavy atom. The number of ketones is 1. The van der Waals surface area contributed by atoms with Gasteiger partial charge in [-0.05, 0) is 44.4 Å². The molecule has 6 nitrogen and oxygen atoms in total. The molecule has 0 aromatic heterocycles. The Kier molecular flexibility index (Phi) is 6.14. The van der Waals surface area contributed by atoms with Gasteiger partial charge in [-0.15, -0.1) is 0 Å². The van der Waals surface area contributed by atoms with E-state index in [0.29, 0.717) is 23.4 Å². The van der Waals surface area contributed by atoms with Crippen molar-refractivity contribution in [3.63, 3.8) is 0 Å². The van der Waals surface area contributed by atoms with Gasteiger partial charge in [0, 0.05) is 25.1 Å². The van der Waals surface area contributed by atoms with Crippen LogP contribution in [0.4, 0.5) is 5.69 Å². The third-order valence-corrected chi connectivity index (χ3v) is 5.22. The number of ether oxygens (including phenoxy) is 1. The third-order valence-electron chi connectivity index (χ3n) is 5.22. The highest BCUT2D eigenvalue weighted by molar-refractivity contribution is 6.05. The molecular weight excluding hydrogens is 344 g/mol. The van der Waals surface area contributed by atoms with Crippen LogP contribution in [0.15, 0.2) is 18.2 Å². The largest absolute Gasteiger partial charge is 0.479 e. The number of Topliss-reactive ketones (excluding diaryl/α,β-unsaturated/α-hetero) is 1. The van der Waals surface area contributed by atoms with Crippen LogP contribution in [0, 0.1) is 0 Å². The minimum absolute atomic E-state index is 0.00897. The van der Waals surface area contributed by atoms with Gasteiger partial charge >= 0.3 is 0 Å². The molecule has 0 aliphatic carbocycles. The summed E-state index contributed by atoms with van der Waals surface area (Å²) in [6, 6.07) is 5.14. The van der Waals surface area contributed by atoms with Crippen LogP contribution in [0.2, 0.25) is 0 Å². The maximum atomic E-state index is 12.8. The number of nitrogens with zero attached hydrogens (tertiary/aromatic N) is 2. The number of likely N-dealkylation sites (tertiary alicyclic amines) is 1. The van der Waals surface area contributed by atoms with Crippen molar-refractivity contribution in [2.75, 3.05) is 24.5 Å². The van der Waals surface area contributed by atoms with Gasteiger partial charge in [-0.3, -0.25) is 19.3 Å². The second kappa shape index (κ2) is 8.55. The molecule has 1 fully saturated rings. The number of benzene rings is 1. The van der Waals surface area contributed by atoms with Crippen LogP contribution in [0.25, 0.3) is 0 Å². The molecule has 3 rings (SSSR count). The monoisotopic (exact) mass is 372 g/mol. The predicted molar refractivity (Wildman–Crippen MR) is 103 cm³/mol. The van der Waals surface area contributed by atoms with Gasteiger partial charge in [0.2, 0.25) is 5.91 Å². The minimum atomic E-state index is -0.647. The number of carbonyl (C=O) groups is 3. The molecule has 0 spiro atoms. The Labute approximate surface area is 160 Å². The lowest BCUT2D eigenvalue weighted by molar-refractivity contribution is -0.133. The van der Waals surface area contributed by atoms with Crippen molar-refractivity contribution in [2.45, 2.75) is 58.5 Å². The zero-order valence-electron chi connectivity index (χ0n) is 16.2. The maximum Gasteiger partial charge on any atom is 0.268 e. The number of anilines is 1. The molecule has 1 saturated heterocycles. The summed E-state index contributed by atoms with van der Waals surface area (Å²) in [5.74, 6) is 0.283. The topological polar surface area (TPSA) is 66.9 Å². The fraction of sp³-hybridized carbons (Fsp3) is 0.571. The van der Waals surface area contributed by atoms with Crippen molar-refractivity contribution in [3.8, 4) is 5.75 Å². The number of hydrogen-bond donors (Lipinski definition) is 0. The van der Waals surface area contributed by atoms with Gasteiger partial charge in [-0.2, -0.15) is 0 Å². The Bertz CT molecular complexity index is 723. The van der Waals surface area contributed by atoms with E-state index in [1.54, 1.807) is 25.1 Å². The molecule has 1 atom stereocenters. The predicted octanol–water partition coefficient (Wildman–Crippen LogP) is 3.19. The normalized spacial score (nSPS) is 19.9. The molecule has 6 heteroatoms. The first kappa shape index (κ1) is 19.4. The molecule has 27 heavy (non-hydrogen) atoms. The van der Waals surface area contributed by atoms with Crippen LogP contribution < -0.4 is 9.64 Å². The van der Waals surface area contributed by atoms with E-state index in [1.807, 2.05) is 11.8 Å². The van der Waals surface area contributed by atoms with E-state index in [-0.39, 0.29) is 24.1 Å². The summed E-state index contributed by atoms with van der Waals surface area (Å²) in [4.78, 5) is 41.2. The summed E-state index contributed by atoms with van der Waals surface area (Å²) < 4.78 is 5.69. The average molecular weight is 372 g/mol. The lowest BCUT2D eigenvalue weighted by atomic mass is 10.0. The number of amides is 2. The lowest BCUT2D eigenvalue weighted by Gasteiger charge is -2.34. The molecule has 0 saturated carbocycles. The first-order valence-electron chi connectivity index (χ1n) is 9.94. The van der Waals surface area contributed by atoms with Gasteiger partial charge in [-0.25, -0.2) is 0 Å². The average Bonchev–Trinajstić information content (AvgIpc) is 2.95. The van der Waals surface area contributed by atoms with Gasteiger partial charge < -0.3 is 9.64 Å². The molecule has 1 aromatic carbocycles. The smallest absolute Gasteiger partial charge is 0.268 e. The zero-order chi connectivity index (χ0) is 19.4. The van der Waals surface area contributed by atoms with Crippen molar-refractivity contribution in [1.29, 1.82) is 0 Å². The number of hydrogen-bond acceptors (Lipinski definition) is 4. The second-order valence-corrected chi connectivity index (χ2v) is 7.34. The van der Waals surface area contributed by atoms with Crippen molar-refractivity contribution in [3.05, 3.63) is 23.8 Å². The molecule has 2 heterocycles. The molecule has 1 aromatic rings. The van der Waals surface area contributed by atoms with E-state index in [0.717, 1.165) is 45.2 Å². The minimum Gasteiger partial charge on any atom is -0.479 e. The van der Waals surface area contributed by atoms with Gasteiger partial charge in [0.1, 0.15) is 12.3 Å². The van der Waals surface area contributed by atoms with Gasteiger partial charge in [-0.1, -0.05) is 19.8 Å². The van der Waals surface area contributed by atoms with E-state index in [4.69, 9.17) is 4.74 Å². The van der Waals surface area contributed by atoms with Crippen molar-refractivity contribution in [1.82, 2.24) is 4.90 Å². The number of carbonyl (C=O) groups excluding carboxylic acids is 3. The second-order valence-electron chi connectivity index (χ2n) is 7.34. The van der Waals surface area contributed by atoms with E-state index in [1.165, 1.54) is 4.90 Å². The van der Waals surface area contributed by atoms with Crippen LogP contribution in [0.5, 0.6) is 5.75 Å². The van der Waals surface area contributed by atoms with Crippen LogP contribution in [-0.4, -0.2) is 48.2 Å². The molecule has 0 bridgehead atoms. The van der Waals surface area contributed by atoms with Crippen LogP contribution >= 0.6 is 0 Å². The highest BCUT2D eigenvalue weighted by Gasteiger charge is 2.34. The first-order chi connectivity index (χ1) is 13.0. The fourth-order valence-corrected chi connectivity index (χ4v) is 3.67. The summed E-state index contributed by atoms with van der Waals surface area (Å²) in [7, 11) is 0. The Hall–Kier alpha value is -2.37. The zero-order valence-corrected chi connectivity index (χ0v) is 16.2. The van der Waals surface area contributed by atoms with Crippen molar-refractivity contribution >= 4 is 23.3 Å². The van der Waals surface area contributed by atoms with Crippen LogP contribution in [0.3, 0.4) is 0 Å². The fourth-order valence-electron chi connectivity index (χ4n) is 3.67. The van der Waals surface area contributed by atoms with E-state index >= 15 is 0 Å². The summed E-state index contributed by atoms with van der Waals surface area (Å²) in [6.07, 6.45) is 4.87. The Morgan fingerprint density at radius 1 is 1.15 bits per heavy atom. The molecule has 2 amide bonds. The first-order valence-corrected chi connectivity index (χ1v) is 9.94. The number of fused-ring (bicyclic) bond motifs is 1.